The molecule has 3 heterocycles. The van der Waals surface area contributed by atoms with E-state index in [0.29, 0.717) is 22.0 Å². The number of rotatable bonds is 12. The highest BCUT2D eigenvalue weighted by Gasteiger charge is 2.51. The van der Waals surface area contributed by atoms with Crippen molar-refractivity contribution in [1.29, 1.82) is 0 Å². The lowest BCUT2D eigenvalue weighted by molar-refractivity contribution is -0.152. The van der Waals surface area contributed by atoms with Crippen molar-refractivity contribution in [1.82, 2.24) is 19.9 Å². The van der Waals surface area contributed by atoms with Gasteiger partial charge in [-0.15, -0.1) is 11.3 Å². The van der Waals surface area contributed by atoms with Crippen LogP contribution >= 0.6 is 11.3 Å². The predicted octanol–water partition coefficient (Wildman–Crippen LogP) is -1.52. The Labute approximate surface area is 243 Å². The monoisotopic (exact) mass is 624 g/mol. The summed E-state index contributed by atoms with van der Waals surface area (Å²) in [6.07, 6.45) is -1.68. The number of amides is 2. The lowest BCUT2D eigenvalue weighted by atomic mass is 10.0. The van der Waals surface area contributed by atoms with E-state index in [9.17, 15) is 32.5 Å². The number of carboxylic acid groups (broad SMARTS) is 1. The quantitative estimate of drug-likeness (QED) is 0.0516. The van der Waals surface area contributed by atoms with E-state index in [1.54, 1.807) is 31.2 Å². The van der Waals surface area contributed by atoms with Gasteiger partial charge in [-0.05, 0) is 38.1 Å². The lowest BCUT2D eigenvalue weighted by Gasteiger charge is -2.42. The Hall–Kier alpha value is -4.33. The van der Waals surface area contributed by atoms with Gasteiger partial charge in [-0.3, -0.25) is 19.1 Å². The van der Waals surface area contributed by atoms with Crippen LogP contribution in [0.15, 0.2) is 34.4 Å². The van der Waals surface area contributed by atoms with Crippen LogP contribution in [-0.4, -0.2) is 101 Å². The zero-order chi connectivity index (χ0) is 30.8. The molecule has 2 saturated heterocycles. The van der Waals surface area contributed by atoms with Crippen molar-refractivity contribution in [2.24, 2.45) is 15.9 Å². The molecule has 8 N–H and O–H groups in total. The first-order chi connectivity index (χ1) is 19.8. The van der Waals surface area contributed by atoms with Crippen molar-refractivity contribution >= 4 is 56.1 Å². The zero-order valence-corrected chi connectivity index (χ0v) is 23.9. The normalized spacial score (nSPS) is 20.4. The largest absolute Gasteiger partial charge is 0.489 e. The Kier molecular flexibility index (Phi) is 8.95. The second kappa shape index (κ2) is 12.3. The number of anilines is 1. The van der Waals surface area contributed by atoms with Crippen molar-refractivity contribution in [2.45, 2.75) is 38.1 Å². The smallest absolute Gasteiger partial charge is 0.362 e. The molecule has 2 aromatic rings. The topological polar surface area (TPSA) is 261 Å². The van der Waals surface area contributed by atoms with E-state index in [1.165, 1.54) is 6.92 Å². The van der Waals surface area contributed by atoms with Gasteiger partial charge < -0.3 is 36.8 Å². The van der Waals surface area contributed by atoms with Crippen LogP contribution in [0.5, 0.6) is 5.75 Å². The minimum atomic E-state index is -4.82. The van der Waals surface area contributed by atoms with Gasteiger partial charge in [-0.1, -0.05) is 5.16 Å². The van der Waals surface area contributed by atoms with Crippen molar-refractivity contribution in [3.63, 3.8) is 0 Å². The van der Waals surface area contributed by atoms with Gasteiger partial charge in [0, 0.05) is 23.5 Å². The number of hydrogen-bond acceptors (Lipinski definition) is 13. The third kappa shape index (κ3) is 6.75. The van der Waals surface area contributed by atoms with Gasteiger partial charge in [0.25, 0.3) is 17.9 Å². The minimum Gasteiger partial charge on any atom is -0.489 e. The van der Waals surface area contributed by atoms with Crippen LogP contribution in [0.1, 0.15) is 23.1 Å². The van der Waals surface area contributed by atoms with E-state index >= 15 is 0 Å². The summed E-state index contributed by atoms with van der Waals surface area (Å²) in [4.78, 5) is 51.2. The number of nitrogens with zero attached hydrogens (tertiary/aromatic N) is 4. The number of benzene rings is 1. The molecule has 3 atom stereocenters. The molecule has 2 aliphatic rings. The summed E-state index contributed by atoms with van der Waals surface area (Å²) < 4.78 is 37.7. The third-order valence-electron chi connectivity index (χ3n) is 6.30. The van der Waals surface area contributed by atoms with Crippen molar-refractivity contribution < 1.29 is 42.0 Å². The number of β-lactam (4-membered cyclic amide) rings is 1. The molecule has 1 aromatic heterocycles. The molecule has 0 radical (unpaired) electrons. The number of hydrogen-bond donors (Lipinski definition) is 6. The number of carbonyl (C=O) groups is 3. The van der Waals surface area contributed by atoms with Crippen molar-refractivity contribution in [3.05, 3.63) is 40.4 Å². The predicted molar refractivity (Wildman–Crippen MR) is 149 cm³/mol. The van der Waals surface area contributed by atoms with E-state index < -0.39 is 58.6 Å². The van der Waals surface area contributed by atoms with Gasteiger partial charge in [0.15, 0.2) is 10.8 Å². The van der Waals surface area contributed by atoms with Crippen LogP contribution < -0.4 is 26.8 Å². The Balaban J connectivity index is 1.46. The molecule has 17 nitrogen and oxygen atoms in total. The van der Waals surface area contributed by atoms with Crippen LogP contribution in [0.4, 0.5) is 5.13 Å². The number of aryl methyl sites for hydroxylation is 1. The van der Waals surface area contributed by atoms with E-state index in [4.69, 9.17) is 21.0 Å². The van der Waals surface area contributed by atoms with E-state index in [-0.39, 0.29) is 21.2 Å². The molecule has 42 heavy (non-hydrogen) atoms. The van der Waals surface area contributed by atoms with Gasteiger partial charge in [-0.25, -0.2) is 14.1 Å². The summed E-state index contributed by atoms with van der Waals surface area (Å²) in [7, 11) is -4.82. The highest BCUT2D eigenvalue weighted by molar-refractivity contribution is 7.84. The molecule has 1 aromatic carbocycles. The molecule has 0 unspecified atom stereocenters. The molecule has 19 heteroatoms. The highest BCUT2D eigenvalue weighted by atomic mass is 32.2. The number of thiazole rings is 1. The van der Waals surface area contributed by atoms with Gasteiger partial charge in [0.1, 0.15) is 29.9 Å². The fraction of sp³-hybridized carbons (Fsp3) is 0.391. The Morgan fingerprint density at radius 3 is 2.48 bits per heavy atom. The molecule has 2 aliphatic heterocycles. The summed E-state index contributed by atoms with van der Waals surface area (Å²) in [6, 6.07) is 4.17. The standard InChI is InChI=1S/C23H28N8O9S2/c1-10-16(21(33)31(10)42(36,37)38)28-20(32)18(17-11(2)41-23(25)29-17)30-40-15(22(34)35)9-39-14-5-3-12(4-6-14)19(24)27-13-7-26-8-13/h3-6,10,13,15-16,26H,7-9H2,1-2H3,(H2,24,27)(H2,25,29)(H,28,32)(H,34,35)(H,36,37,38)/b30-18-/t10-,15+,16+/m1/s1. The number of aliphatic imine (C=N–C) groups is 1. The lowest BCUT2D eigenvalue weighted by Crippen LogP contribution is -2.71. The second-order valence-electron chi connectivity index (χ2n) is 9.29. The molecular formula is C23H28N8O9S2. The van der Waals surface area contributed by atoms with Crippen molar-refractivity contribution in [2.75, 3.05) is 25.4 Å². The number of nitrogens with one attached hydrogen (secondary N) is 2. The van der Waals surface area contributed by atoms with Crippen LogP contribution in [0.25, 0.3) is 0 Å². The maximum atomic E-state index is 13.1. The first-order valence-corrected chi connectivity index (χ1v) is 14.6. The Morgan fingerprint density at radius 2 is 1.98 bits per heavy atom. The first kappa shape index (κ1) is 30.6. The molecule has 0 bridgehead atoms. The van der Waals surface area contributed by atoms with E-state index in [1.807, 2.05) is 0 Å². The number of oxime groups is 1. The molecule has 2 fully saturated rings. The minimum absolute atomic E-state index is 0.0429. The second-order valence-corrected chi connectivity index (χ2v) is 11.8. The maximum absolute atomic E-state index is 13.1. The molecule has 2 amide bonds. The van der Waals surface area contributed by atoms with E-state index in [2.05, 4.69) is 25.8 Å². The molecular weight excluding hydrogens is 596 g/mol. The number of ether oxygens (including phenoxy) is 1. The fourth-order valence-electron chi connectivity index (χ4n) is 3.93. The number of nitrogens with two attached hydrogens (primary N) is 2. The average molecular weight is 625 g/mol. The van der Waals surface area contributed by atoms with E-state index in [0.717, 1.165) is 24.4 Å². The zero-order valence-electron chi connectivity index (χ0n) is 22.3. The van der Waals surface area contributed by atoms with Crippen LogP contribution in [0.3, 0.4) is 0 Å². The van der Waals surface area contributed by atoms with Gasteiger partial charge >= 0.3 is 16.3 Å². The molecule has 4 rings (SSSR count). The van der Waals surface area contributed by atoms with Gasteiger partial charge in [0.2, 0.25) is 0 Å². The van der Waals surface area contributed by atoms with Gasteiger partial charge in [0.05, 0.1) is 12.1 Å². The summed E-state index contributed by atoms with van der Waals surface area (Å²) in [6.45, 7) is 3.86. The SMILES string of the molecule is Cc1sc(N)nc1/C(=N/O[C@@H](COc1ccc(C(N)=NC2CNC2)cc1)C(=O)O)C(=O)N[C@@H]1C(=O)N(S(=O)(=O)O)[C@@H]1C. The summed E-state index contributed by atoms with van der Waals surface area (Å²) in [5, 5.41) is 18.8. The summed E-state index contributed by atoms with van der Waals surface area (Å²) in [5.41, 5.74) is 11.9. The van der Waals surface area contributed by atoms with Crippen molar-refractivity contribution in [3.8, 4) is 5.75 Å². The number of aromatic nitrogens is 1. The molecule has 0 aliphatic carbocycles. The maximum Gasteiger partial charge on any atom is 0.362 e. The fourth-order valence-corrected chi connectivity index (χ4v) is 5.51. The summed E-state index contributed by atoms with van der Waals surface area (Å²) >= 11 is 1.02. The first-order valence-electron chi connectivity index (χ1n) is 12.3. The Bertz CT molecular complexity index is 1540. The number of amidine groups is 1. The third-order valence-corrected chi connectivity index (χ3v) is 8.11. The number of carbonyl (C=O) groups excluding carboxylic acids is 2. The number of aliphatic carboxylic acids is 1. The highest BCUT2D eigenvalue weighted by Crippen LogP contribution is 2.24. The number of carboxylic acids is 1. The average Bonchev–Trinajstić information content (AvgIpc) is 3.23. The van der Waals surface area contributed by atoms with Gasteiger partial charge in [-0.2, -0.15) is 8.42 Å². The molecule has 0 saturated carbocycles. The van der Waals surface area contributed by atoms with Crippen LogP contribution in [0.2, 0.25) is 0 Å². The molecule has 0 spiro atoms. The Morgan fingerprint density at radius 1 is 1.31 bits per heavy atom. The molecule has 226 valence electrons. The van der Waals surface area contributed by atoms with Crippen LogP contribution in [-0.2, 0) is 29.5 Å². The summed E-state index contributed by atoms with van der Waals surface area (Å²) in [5.74, 6) is -2.90. The number of nitrogen functional groups attached to an aromatic ring is 1. The van der Waals surface area contributed by atoms with Crippen LogP contribution in [0, 0.1) is 6.92 Å².